The number of amides is 1. The summed E-state index contributed by atoms with van der Waals surface area (Å²) >= 11 is 3.40. The Morgan fingerprint density at radius 1 is 1.35 bits per heavy atom. The molecule has 0 aliphatic carbocycles. The average molecular weight is 386 g/mol. The second kappa shape index (κ2) is 6.79. The number of hydrogen-bond donors (Lipinski definition) is 0. The van der Waals surface area contributed by atoms with Crippen molar-refractivity contribution in [2.24, 2.45) is 0 Å². The Labute approximate surface area is 146 Å². The van der Waals surface area contributed by atoms with Crippen LogP contribution in [0, 0.1) is 0 Å². The first kappa shape index (κ1) is 18.2. The van der Waals surface area contributed by atoms with Crippen LogP contribution in [0.3, 0.4) is 0 Å². The fourth-order valence-corrected chi connectivity index (χ4v) is 2.52. The van der Waals surface area contributed by atoms with E-state index in [-0.39, 0.29) is 0 Å². The van der Waals surface area contributed by atoms with Crippen molar-refractivity contribution < 1.29 is 19.0 Å². The lowest BCUT2D eigenvalue weighted by Gasteiger charge is -2.31. The highest BCUT2D eigenvalue weighted by Gasteiger charge is 2.44. The van der Waals surface area contributed by atoms with E-state index in [0.29, 0.717) is 13.2 Å². The van der Waals surface area contributed by atoms with Gasteiger partial charge in [-0.05, 0) is 52.3 Å². The molecule has 1 saturated heterocycles. The minimum atomic E-state index is -0.757. The molecule has 0 radical (unpaired) electrons. The van der Waals surface area contributed by atoms with Gasteiger partial charge in [0.1, 0.15) is 11.3 Å². The summed E-state index contributed by atoms with van der Waals surface area (Å²) in [6.45, 7) is 9.97. The quantitative estimate of drug-likeness (QED) is 0.778. The van der Waals surface area contributed by atoms with Crippen molar-refractivity contribution >= 4 is 22.0 Å². The number of benzene rings is 1. The van der Waals surface area contributed by atoms with Crippen molar-refractivity contribution in [2.75, 3.05) is 6.54 Å². The Bertz CT molecular complexity index is 551. The summed E-state index contributed by atoms with van der Waals surface area (Å²) in [6.07, 6.45) is -0.863. The molecule has 1 aromatic carbocycles. The van der Waals surface area contributed by atoms with Gasteiger partial charge in [0.25, 0.3) is 0 Å². The SMILES string of the molecule is CC(C)(C)OC(=O)N1CC(OCc2ccc(Br)cc2)OC1(C)C. The minimum absolute atomic E-state index is 0.346. The van der Waals surface area contributed by atoms with Crippen LogP contribution >= 0.6 is 15.9 Å². The molecule has 0 spiro atoms. The predicted octanol–water partition coefficient (Wildman–Crippen LogP) is 4.30. The highest BCUT2D eigenvalue weighted by Crippen LogP contribution is 2.29. The van der Waals surface area contributed by atoms with Crippen molar-refractivity contribution in [3.8, 4) is 0 Å². The molecular weight excluding hydrogens is 362 g/mol. The van der Waals surface area contributed by atoms with E-state index >= 15 is 0 Å². The fourth-order valence-electron chi connectivity index (χ4n) is 2.26. The van der Waals surface area contributed by atoms with Crippen molar-refractivity contribution in [1.82, 2.24) is 4.90 Å². The van der Waals surface area contributed by atoms with E-state index in [4.69, 9.17) is 14.2 Å². The molecule has 2 rings (SSSR count). The molecule has 1 amide bonds. The van der Waals surface area contributed by atoms with Gasteiger partial charge in [0.05, 0.1) is 13.2 Å². The molecule has 5 nitrogen and oxygen atoms in total. The second-order valence-electron chi connectivity index (χ2n) is 7.02. The smallest absolute Gasteiger partial charge is 0.412 e. The zero-order valence-corrected chi connectivity index (χ0v) is 15.8. The maximum Gasteiger partial charge on any atom is 0.412 e. The molecule has 23 heavy (non-hydrogen) atoms. The molecule has 1 aliphatic heterocycles. The number of ether oxygens (including phenoxy) is 3. The van der Waals surface area contributed by atoms with Crippen LogP contribution in [0.2, 0.25) is 0 Å². The predicted molar refractivity (Wildman–Crippen MR) is 90.8 cm³/mol. The maximum absolute atomic E-state index is 12.3. The highest BCUT2D eigenvalue weighted by atomic mass is 79.9. The Morgan fingerprint density at radius 2 is 1.96 bits per heavy atom. The standard InChI is InChI=1S/C17H24BrNO4/c1-16(2,3)23-15(20)19-10-14(22-17(19,4)5)21-11-12-6-8-13(18)9-7-12/h6-9,14H,10-11H2,1-5H3. The summed E-state index contributed by atoms with van der Waals surface area (Å²) < 4.78 is 18.1. The summed E-state index contributed by atoms with van der Waals surface area (Å²) in [5.74, 6) is 0. The van der Waals surface area contributed by atoms with Gasteiger partial charge in [-0.25, -0.2) is 4.79 Å². The van der Waals surface area contributed by atoms with Crippen LogP contribution in [0.1, 0.15) is 40.2 Å². The molecule has 1 unspecified atom stereocenters. The number of carbonyl (C=O) groups is 1. The molecule has 0 aromatic heterocycles. The van der Waals surface area contributed by atoms with Crippen LogP contribution in [0.15, 0.2) is 28.7 Å². The Kier molecular flexibility index (Phi) is 5.38. The van der Waals surface area contributed by atoms with Crippen LogP contribution < -0.4 is 0 Å². The summed E-state index contributed by atoms with van der Waals surface area (Å²) in [6, 6.07) is 7.89. The summed E-state index contributed by atoms with van der Waals surface area (Å²) in [7, 11) is 0. The lowest BCUT2D eigenvalue weighted by molar-refractivity contribution is -0.171. The third kappa shape index (κ3) is 5.19. The summed E-state index contributed by atoms with van der Waals surface area (Å²) in [5, 5.41) is 0. The van der Waals surface area contributed by atoms with Gasteiger partial charge in [-0.3, -0.25) is 4.90 Å². The number of halogens is 1. The maximum atomic E-state index is 12.3. The topological polar surface area (TPSA) is 48.0 Å². The molecule has 128 valence electrons. The minimum Gasteiger partial charge on any atom is -0.444 e. The van der Waals surface area contributed by atoms with Gasteiger partial charge in [0.2, 0.25) is 0 Å². The number of nitrogens with zero attached hydrogens (tertiary/aromatic N) is 1. The molecule has 6 heteroatoms. The van der Waals surface area contributed by atoms with Crippen LogP contribution in [0.25, 0.3) is 0 Å². The third-order valence-electron chi connectivity index (χ3n) is 3.36. The monoisotopic (exact) mass is 385 g/mol. The van der Waals surface area contributed by atoms with Gasteiger partial charge in [-0.2, -0.15) is 0 Å². The molecule has 1 atom stereocenters. The van der Waals surface area contributed by atoms with Gasteiger partial charge in [-0.1, -0.05) is 28.1 Å². The van der Waals surface area contributed by atoms with Gasteiger partial charge in [-0.15, -0.1) is 0 Å². The average Bonchev–Trinajstić information content (AvgIpc) is 2.71. The van der Waals surface area contributed by atoms with Gasteiger partial charge in [0.15, 0.2) is 6.29 Å². The van der Waals surface area contributed by atoms with E-state index in [1.54, 1.807) is 4.90 Å². The fraction of sp³-hybridized carbons (Fsp3) is 0.588. The van der Waals surface area contributed by atoms with Crippen LogP contribution in [0.5, 0.6) is 0 Å². The van der Waals surface area contributed by atoms with Crippen LogP contribution in [-0.4, -0.2) is 35.2 Å². The molecule has 0 saturated carbocycles. The van der Waals surface area contributed by atoms with E-state index in [0.717, 1.165) is 10.0 Å². The highest BCUT2D eigenvalue weighted by molar-refractivity contribution is 9.10. The normalized spacial score (nSPS) is 20.6. The largest absolute Gasteiger partial charge is 0.444 e. The molecule has 1 aliphatic rings. The number of carbonyl (C=O) groups excluding carboxylic acids is 1. The molecule has 1 heterocycles. The molecule has 0 N–H and O–H groups in total. The first-order chi connectivity index (χ1) is 10.6. The van der Waals surface area contributed by atoms with E-state index < -0.39 is 23.7 Å². The van der Waals surface area contributed by atoms with Gasteiger partial charge in [0, 0.05) is 4.47 Å². The van der Waals surface area contributed by atoms with E-state index in [1.807, 2.05) is 58.9 Å². The van der Waals surface area contributed by atoms with Crippen molar-refractivity contribution in [1.29, 1.82) is 0 Å². The van der Waals surface area contributed by atoms with Gasteiger partial charge < -0.3 is 14.2 Å². The van der Waals surface area contributed by atoms with Crippen molar-refractivity contribution in [3.63, 3.8) is 0 Å². The van der Waals surface area contributed by atoms with E-state index in [1.165, 1.54) is 0 Å². The zero-order chi connectivity index (χ0) is 17.3. The molecule has 1 aromatic rings. The van der Waals surface area contributed by atoms with E-state index in [2.05, 4.69) is 15.9 Å². The van der Waals surface area contributed by atoms with Crippen molar-refractivity contribution in [2.45, 2.75) is 58.8 Å². The molecule has 0 bridgehead atoms. The Morgan fingerprint density at radius 3 is 2.52 bits per heavy atom. The second-order valence-corrected chi connectivity index (χ2v) is 7.94. The van der Waals surface area contributed by atoms with Crippen LogP contribution in [0.4, 0.5) is 4.79 Å². The van der Waals surface area contributed by atoms with Gasteiger partial charge >= 0.3 is 6.09 Å². The zero-order valence-electron chi connectivity index (χ0n) is 14.3. The number of rotatable bonds is 3. The van der Waals surface area contributed by atoms with Crippen LogP contribution in [-0.2, 0) is 20.8 Å². The lowest BCUT2D eigenvalue weighted by atomic mass is 10.2. The molecular formula is C17H24BrNO4. The third-order valence-corrected chi connectivity index (χ3v) is 3.89. The molecule has 1 fully saturated rings. The summed E-state index contributed by atoms with van der Waals surface area (Å²) in [4.78, 5) is 13.9. The van der Waals surface area contributed by atoms with Crippen molar-refractivity contribution in [3.05, 3.63) is 34.3 Å². The van der Waals surface area contributed by atoms with E-state index in [9.17, 15) is 4.79 Å². The lowest BCUT2D eigenvalue weighted by Crippen LogP contribution is -2.46. The first-order valence-electron chi connectivity index (χ1n) is 7.61. The summed E-state index contributed by atoms with van der Waals surface area (Å²) in [5.41, 5.74) is -0.249. The first-order valence-corrected chi connectivity index (χ1v) is 8.41. The Balaban J connectivity index is 1.93. The Hall–Kier alpha value is -1.11. The number of hydrogen-bond acceptors (Lipinski definition) is 4.